The molecule has 9 heteroatoms. The summed E-state index contributed by atoms with van der Waals surface area (Å²) >= 11 is 0. The van der Waals surface area contributed by atoms with Crippen LogP contribution in [0.2, 0.25) is 0 Å². The van der Waals surface area contributed by atoms with Crippen LogP contribution in [0.5, 0.6) is 0 Å². The van der Waals surface area contributed by atoms with E-state index in [1.807, 2.05) is 0 Å². The van der Waals surface area contributed by atoms with Crippen molar-refractivity contribution >= 4 is 17.4 Å². The highest BCUT2D eigenvalue weighted by molar-refractivity contribution is 5.76. The molecule has 0 saturated heterocycles. The van der Waals surface area contributed by atoms with Crippen molar-refractivity contribution in [3.05, 3.63) is 48.0 Å². The van der Waals surface area contributed by atoms with Gasteiger partial charge in [0.2, 0.25) is 5.91 Å². The Balaban J connectivity index is 2.05. The van der Waals surface area contributed by atoms with Crippen LogP contribution in [-0.2, 0) is 17.4 Å². The molecule has 0 fully saturated rings. The summed E-state index contributed by atoms with van der Waals surface area (Å²) < 4.78 is 40.4. The fourth-order valence-corrected chi connectivity index (χ4v) is 2.34. The van der Waals surface area contributed by atoms with Gasteiger partial charge in [-0.25, -0.2) is 9.97 Å². The monoisotopic (exact) mass is 335 g/mol. The Morgan fingerprint density at radius 3 is 2.62 bits per heavy atom. The molecule has 0 atom stereocenters. The van der Waals surface area contributed by atoms with Gasteiger partial charge in [0, 0.05) is 29.7 Å². The van der Waals surface area contributed by atoms with Crippen molar-refractivity contribution in [2.75, 3.05) is 5.73 Å². The number of alkyl halides is 3. The minimum Gasteiger partial charge on any atom is -0.383 e. The lowest BCUT2D eigenvalue weighted by Gasteiger charge is -2.11. The fourth-order valence-electron chi connectivity index (χ4n) is 2.34. The van der Waals surface area contributed by atoms with Crippen LogP contribution in [0.4, 0.5) is 19.0 Å². The number of fused-ring (bicyclic) bond motifs is 1. The topological polar surface area (TPSA) is 99.3 Å². The smallest absolute Gasteiger partial charge is 0.383 e. The highest BCUT2D eigenvalue weighted by atomic mass is 19.4. The number of hydrogen-bond acceptors (Lipinski definition) is 4. The Morgan fingerprint density at radius 2 is 1.96 bits per heavy atom. The number of anilines is 1. The molecule has 0 unspecified atom stereocenters. The minimum atomic E-state index is -4.58. The zero-order valence-corrected chi connectivity index (χ0v) is 12.2. The minimum absolute atomic E-state index is 0.0152. The van der Waals surface area contributed by atoms with Crippen LogP contribution < -0.4 is 11.5 Å². The molecule has 24 heavy (non-hydrogen) atoms. The Labute approximate surface area is 133 Å². The first-order valence-electron chi connectivity index (χ1n) is 6.83. The second kappa shape index (κ2) is 5.52. The summed E-state index contributed by atoms with van der Waals surface area (Å²) in [5, 5.41) is 0. The Kier molecular flexibility index (Phi) is 3.63. The van der Waals surface area contributed by atoms with Gasteiger partial charge in [0.1, 0.15) is 11.5 Å². The van der Waals surface area contributed by atoms with E-state index in [0.717, 1.165) is 6.07 Å². The highest BCUT2D eigenvalue weighted by Crippen LogP contribution is 2.35. The predicted octanol–water partition coefficient (Wildman–Crippen LogP) is 2.03. The number of carbonyl (C=O) groups is 1. The predicted molar refractivity (Wildman–Crippen MR) is 80.7 cm³/mol. The number of hydrogen-bond donors (Lipinski definition) is 2. The molecular formula is C15H12F3N5O. The summed E-state index contributed by atoms with van der Waals surface area (Å²) in [7, 11) is 0. The van der Waals surface area contributed by atoms with Gasteiger partial charge in [-0.05, 0) is 18.2 Å². The van der Waals surface area contributed by atoms with Crippen LogP contribution in [-0.4, -0.2) is 20.3 Å². The summed E-state index contributed by atoms with van der Waals surface area (Å²) in [5.41, 5.74) is 11.2. The molecule has 0 radical (unpaired) electrons. The maximum Gasteiger partial charge on any atom is 0.419 e. The fraction of sp³-hybridized carbons (Fsp3) is 0.133. The zero-order valence-electron chi connectivity index (χ0n) is 12.2. The Bertz CT molecular complexity index is 932. The number of imidazole rings is 1. The van der Waals surface area contributed by atoms with Gasteiger partial charge in [0.15, 0.2) is 0 Å². The van der Waals surface area contributed by atoms with Gasteiger partial charge >= 0.3 is 6.18 Å². The van der Waals surface area contributed by atoms with E-state index in [-0.39, 0.29) is 12.0 Å². The molecule has 1 amide bonds. The molecule has 0 aliphatic carbocycles. The molecule has 3 aromatic rings. The summed E-state index contributed by atoms with van der Waals surface area (Å²) in [6.45, 7) is 0. The van der Waals surface area contributed by atoms with Crippen LogP contribution in [0.25, 0.3) is 16.8 Å². The maximum absolute atomic E-state index is 12.9. The van der Waals surface area contributed by atoms with E-state index < -0.39 is 23.5 Å². The zero-order chi connectivity index (χ0) is 17.5. The third kappa shape index (κ3) is 3.00. The van der Waals surface area contributed by atoms with Gasteiger partial charge in [-0.1, -0.05) is 0 Å². The lowest BCUT2D eigenvalue weighted by molar-refractivity contribution is -0.137. The number of halogens is 3. The second-order valence-electron chi connectivity index (χ2n) is 5.21. The van der Waals surface area contributed by atoms with Crippen LogP contribution in [0.1, 0.15) is 11.3 Å². The number of primary amides is 1. The first-order valence-corrected chi connectivity index (χ1v) is 6.83. The van der Waals surface area contributed by atoms with E-state index in [9.17, 15) is 18.0 Å². The molecule has 3 heterocycles. The molecule has 3 aromatic heterocycles. The molecule has 0 bridgehead atoms. The molecular weight excluding hydrogens is 323 g/mol. The van der Waals surface area contributed by atoms with E-state index in [2.05, 4.69) is 9.97 Å². The lowest BCUT2D eigenvalue weighted by Crippen LogP contribution is -2.13. The summed E-state index contributed by atoms with van der Waals surface area (Å²) in [6, 6.07) is 4.19. The largest absolute Gasteiger partial charge is 0.419 e. The van der Waals surface area contributed by atoms with Crippen molar-refractivity contribution in [3.8, 4) is 11.1 Å². The van der Waals surface area contributed by atoms with Gasteiger partial charge in [-0.15, -0.1) is 0 Å². The normalized spacial score (nSPS) is 11.8. The number of aromatic nitrogens is 3. The highest BCUT2D eigenvalue weighted by Gasteiger charge is 2.34. The maximum atomic E-state index is 12.9. The number of pyridine rings is 2. The Hall–Kier alpha value is -3.10. The average Bonchev–Trinajstić information content (AvgIpc) is 2.86. The van der Waals surface area contributed by atoms with Crippen molar-refractivity contribution in [1.82, 2.24) is 14.4 Å². The van der Waals surface area contributed by atoms with Crippen molar-refractivity contribution in [3.63, 3.8) is 0 Å². The van der Waals surface area contributed by atoms with E-state index in [1.165, 1.54) is 6.20 Å². The van der Waals surface area contributed by atoms with Gasteiger partial charge in [0.05, 0.1) is 17.7 Å². The lowest BCUT2D eigenvalue weighted by atomic mass is 10.1. The van der Waals surface area contributed by atoms with Crippen LogP contribution in [0.3, 0.4) is 0 Å². The quantitative estimate of drug-likeness (QED) is 0.765. The van der Waals surface area contributed by atoms with E-state index in [4.69, 9.17) is 11.5 Å². The van der Waals surface area contributed by atoms with Crippen molar-refractivity contribution in [1.29, 1.82) is 0 Å². The first-order chi connectivity index (χ1) is 11.2. The van der Waals surface area contributed by atoms with Gasteiger partial charge in [-0.3, -0.25) is 4.79 Å². The Morgan fingerprint density at radius 1 is 1.21 bits per heavy atom. The van der Waals surface area contributed by atoms with Crippen molar-refractivity contribution in [2.45, 2.75) is 12.6 Å². The van der Waals surface area contributed by atoms with Crippen molar-refractivity contribution < 1.29 is 18.0 Å². The molecule has 124 valence electrons. The van der Waals surface area contributed by atoms with E-state index in [1.54, 1.807) is 28.9 Å². The first kappa shape index (κ1) is 15.8. The van der Waals surface area contributed by atoms with Gasteiger partial charge < -0.3 is 15.9 Å². The average molecular weight is 335 g/mol. The second-order valence-corrected chi connectivity index (χ2v) is 5.21. The summed E-state index contributed by atoms with van der Waals surface area (Å²) in [4.78, 5) is 18.8. The van der Waals surface area contributed by atoms with E-state index in [0.29, 0.717) is 16.9 Å². The molecule has 0 aliphatic heterocycles. The number of amides is 1. The molecule has 4 N–H and O–H groups in total. The van der Waals surface area contributed by atoms with Gasteiger partial charge in [-0.2, -0.15) is 13.2 Å². The van der Waals surface area contributed by atoms with E-state index >= 15 is 0 Å². The third-order valence-corrected chi connectivity index (χ3v) is 3.41. The SMILES string of the molecule is NC(=O)Cc1cn2cc(-c3cnc(N)c(C(F)(F)F)c3)ccc2n1. The molecule has 6 nitrogen and oxygen atoms in total. The molecule has 0 aromatic carbocycles. The molecule has 0 saturated carbocycles. The summed E-state index contributed by atoms with van der Waals surface area (Å²) in [6.07, 6.45) is -0.133. The number of nitrogens with two attached hydrogens (primary N) is 2. The third-order valence-electron chi connectivity index (χ3n) is 3.41. The molecule has 3 rings (SSSR count). The van der Waals surface area contributed by atoms with Crippen molar-refractivity contribution in [2.24, 2.45) is 5.73 Å². The van der Waals surface area contributed by atoms with Crippen LogP contribution in [0.15, 0.2) is 36.8 Å². The number of nitrogen functional groups attached to an aromatic ring is 1. The molecule has 0 aliphatic rings. The summed E-state index contributed by atoms with van der Waals surface area (Å²) in [5.74, 6) is -1.09. The van der Waals surface area contributed by atoms with Crippen LogP contribution in [0, 0.1) is 0 Å². The number of rotatable bonds is 3. The molecule has 0 spiro atoms. The number of carbonyl (C=O) groups excluding carboxylic acids is 1. The standard InChI is InChI=1S/C15H12F3N5O/c16-15(17,18)11-3-9(5-21-14(11)20)8-1-2-13-22-10(4-12(19)24)7-23(13)6-8/h1-3,5-7H,4H2,(H2,19,24)(H2,20,21). The van der Waals surface area contributed by atoms with Crippen LogP contribution >= 0.6 is 0 Å². The number of nitrogens with zero attached hydrogens (tertiary/aromatic N) is 3. The van der Waals surface area contributed by atoms with Gasteiger partial charge in [0.25, 0.3) is 0 Å².